The molecular formula is C12H15NO5. The molecule has 6 nitrogen and oxygen atoms in total. The van der Waals surface area contributed by atoms with Crippen LogP contribution in [0.1, 0.15) is 5.69 Å². The summed E-state index contributed by atoms with van der Waals surface area (Å²) in [6.07, 6.45) is 1.51. The average molecular weight is 253 g/mol. The smallest absolute Gasteiger partial charge is 0.350 e. The van der Waals surface area contributed by atoms with Crippen molar-refractivity contribution in [3.63, 3.8) is 0 Å². The maximum atomic E-state index is 11.8. The molecule has 1 heterocycles. The number of hydrogen-bond donors (Lipinski definition) is 0. The van der Waals surface area contributed by atoms with Gasteiger partial charge in [-0.25, -0.2) is 9.59 Å². The third-order valence-corrected chi connectivity index (χ3v) is 2.53. The Labute approximate surface area is 105 Å². The van der Waals surface area contributed by atoms with E-state index in [0.717, 1.165) is 0 Å². The minimum Gasteiger partial charge on any atom is -0.466 e. The lowest BCUT2D eigenvalue weighted by molar-refractivity contribution is -0.184. The quantitative estimate of drug-likeness (QED) is 0.557. The van der Waals surface area contributed by atoms with Crippen LogP contribution in [0, 0.1) is 0 Å². The molecule has 0 amide bonds. The number of carbonyl (C=O) groups is 2. The van der Waals surface area contributed by atoms with Crippen LogP contribution in [0.2, 0.25) is 0 Å². The number of methoxy groups -OCH3 is 3. The highest BCUT2D eigenvalue weighted by atomic mass is 16.6. The lowest BCUT2D eigenvalue weighted by Crippen LogP contribution is -2.51. The fourth-order valence-electron chi connectivity index (χ4n) is 1.55. The van der Waals surface area contributed by atoms with Crippen molar-refractivity contribution >= 4 is 11.9 Å². The molecule has 0 fully saturated rings. The lowest BCUT2D eigenvalue weighted by atomic mass is 9.97. The summed E-state index contributed by atoms with van der Waals surface area (Å²) >= 11 is 0. The Bertz CT molecular complexity index is 402. The van der Waals surface area contributed by atoms with Gasteiger partial charge in [0.25, 0.3) is 5.60 Å². The number of esters is 2. The molecule has 0 aliphatic rings. The maximum absolute atomic E-state index is 11.8. The number of carbonyl (C=O) groups excluding carboxylic acids is 2. The normalized spacial score (nSPS) is 10.8. The molecule has 0 N–H and O–H groups in total. The van der Waals surface area contributed by atoms with Crippen molar-refractivity contribution in [1.29, 1.82) is 0 Å². The zero-order valence-corrected chi connectivity index (χ0v) is 10.5. The number of rotatable bonds is 5. The average Bonchev–Trinajstić information content (AvgIpc) is 2.44. The topological polar surface area (TPSA) is 74.7 Å². The Balaban J connectivity index is 3.11. The summed E-state index contributed by atoms with van der Waals surface area (Å²) in [4.78, 5) is 27.6. The molecule has 1 aromatic heterocycles. The van der Waals surface area contributed by atoms with Crippen molar-refractivity contribution in [2.45, 2.75) is 12.0 Å². The number of aromatic nitrogens is 1. The summed E-state index contributed by atoms with van der Waals surface area (Å²) in [5.74, 6) is -1.63. The third kappa shape index (κ3) is 2.65. The highest BCUT2D eigenvalue weighted by Crippen LogP contribution is 2.20. The van der Waals surface area contributed by atoms with Crippen LogP contribution in [0.4, 0.5) is 0 Å². The number of hydrogen-bond acceptors (Lipinski definition) is 6. The standard InChI is InChI=1S/C12H15NO5/c1-16-10(14)12(18-3,11(15)17-2)8-9-6-4-5-7-13-9/h4-7H,8H2,1-3H3. The van der Waals surface area contributed by atoms with E-state index < -0.39 is 17.5 Å². The molecule has 0 atom stereocenters. The fourth-order valence-corrected chi connectivity index (χ4v) is 1.55. The molecule has 0 bridgehead atoms. The van der Waals surface area contributed by atoms with Crippen LogP contribution in [0.5, 0.6) is 0 Å². The van der Waals surface area contributed by atoms with Gasteiger partial charge in [-0.3, -0.25) is 4.98 Å². The number of pyridine rings is 1. The van der Waals surface area contributed by atoms with Crippen molar-refractivity contribution in [3.8, 4) is 0 Å². The van der Waals surface area contributed by atoms with Gasteiger partial charge in [0, 0.05) is 25.4 Å². The summed E-state index contributed by atoms with van der Waals surface area (Å²) in [7, 11) is 3.60. The van der Waals surface area contributed by atoms with Gasteiger partial charge in [-0.1, -0.05) is 6.07 Å². The van der Waals surface area contributed by atoms with Crippen molar-refractivity contribution in [1.82, 2.24) is 4.98 Å². The van der Waals surface area contributed by atoms with Crippen LogP contribution in [-0.2, 0) is 30.2 Å². The van der Waals surface area contributed by atoms with Gasteiger partial charge in [-0.15, -0.1) is 0 Å². The Hall–Kier alpha value is -1.95. The molecule has 0 aromatic carbocycles. The van der Waals surface area contributed by atoms with E-state index in [2.05, 4.69) is 14.5 Å². The SMILES string of the molecule is COC(=O)C(Cc1ccccn1)(OC)C(=O)OC. The monoisotopic (exact) mass is 253 g/mol. The maximum Gasteiger partial charge on any atom is 0.350 e. The van der Waals surface area contributed by atoms with Gasteiger partial charge in [-0.2, -0.15) is 0 Å². The first-order valence-electron chi connectivity index (χ1n) is 5.22. The van der Waals surface area contributed by atoms with Gasteiger partial charge in [0.1, 0.15) is 0 Å². The summed E-state index contributed by atoms with van der Waals surface area (Å²) in [6, 6.07) is 5.16. The predicted octanol–water partition coefficient (Wildman–Crippen LogP) is 0.355. The molecule has 1 rings (SSSR count). The van der Waals surface area contributed by atoms with Gasteiger partial charge >= 0.3 is 11.9 Å². The minimum atomic E-state index is -1.82. The Morgan fingerprint density at radius 1 is 1.17 bits per heavy atom. The molecule has 1 aromatic rings. The minimum absolute atomic E-state index is 0.0519. The van der Waals surface area contributed by atoms with Gasteiger partial charge in [0.05, 0.1) is 14.2 Å². The van der Waals surface area contributed by atoms with E-state index in [-0.39, 0.29) is 6.42 Å². The number of nitrogens with zero attached hydrogens (tertiary/aromatic N) is 1. The van der Waals surface area contributed by atoms with Crippen LogP contribution in [0.25, 0.3) is 0 Å². The second-order valence-corrected chi connectivity index (χ2v) is 3.51. The van der Waals surface area contributed by atoms with Crippen LogP contribution in [0.3, 0.4) is 0 Å². The van der Waals surface area contributed by atoms with E-state index in [9.17, 15) is 9.59 Å². The Kier molecular flexibility index (Phi) is 4.79. The Morgan fingerprint density at radius 2 is 1.78 bits per heavy atom. The van der Waals surface area contributed by atoms with Gasteiger partial charge in [-0.05, 0) is 12.1 Å². The van der Waals surface area contributed by atoms with E-state index in [1.54, 1.807) is 24.4 Å². The molecule has 0 aliphatic heterocycles. The lowest BCUT2D eigenvalue weighted by Gasteiger charge is -2.26. The third-order valence-electron chi connectivity index (χ3n) is 2.53. The molecule has 0 saturated carbocycles. The predicted molar refractivity (Wildman–Crippen MR) is 61.7 cm³/mol. The zero-order chi connectivity index (χ0) is 13.6. The largest absolute Gasteiger partial charge is 0.466 e. The molecule has 18 heavy (non-hydrogen) atoms. The van der Waals surface area contributed by atoms with E-state index in [1.165, 1.54) is 21.3 Å². The molecule has 0 aliphatic carbocycles. The van der Waals surface area contributed by atoms with E-state index >= 15 is 0 Å². The molecular weight excluding hydrogens is 238 g/mol. The first kappa shape index (κ1) is 14.1. The fraction of sp³-hybridized carbons (Fsp3) is 0.417. The summed E-state index contributed by atoms with van der Waals surface area (Å²) < 4.78 is 14.3. The van der Waals surface area contributed by atoms with Crippen LogP contribution < -0.4 is 0 Å². The van der Waals surface area contributed by atoms with Crippen molar-refractivity contribution in [2.24, 2.45) is 0 Å². The van der Waals surface area contributed by atoms with Gasteiger partial charge < -0.3 is 14.2 Å². The van der Waals surface area contributed by atoms with Crippen molar-refractivity contribution in [2.75, 3.05) is 21.3 Å². The molecule has 0 saturated heterocycles. The molecule has 0 spiro atoms. The first-order valence-corrected chi connectivity index (χ1v) is 5.22. The van der Waals surface area contributed by atoms with Crippen LogP contribution in [0.15, 0.2) is 24.4 Å². The van der Waals surface area contributed by atoms with E-state index in [0.29, 0.717) is 5.69 Å². The molecule has 6 heteroatoms. The first-order chi connectivity index (χ1) is 8.60. The second kappa shape index (κ2) is 6.11. The van der Waals surface area contributed by atoms with Crippen LogP contribution in [-0.4, -0.2) is 43.9 Å². The zero-order valence-electron chi connectivity index (χ0n) is 10.5. The van der Waals surface area contributed by atoms with Gasteiger partial charge in [0.2, 0.25) is 0 Å². The molecule has 0 radical (unpaired) electrons. The molecule has 0 unspecified atom stereocenters. The highest BCUT2D eigenvalue weighted by molar-refractivity contribution is 6.03. The summed E-state index contributed by atoms with van der Waals surface area (Å²) in [5, 5.41) is 0. The Morgan fingerprint density at radius 3 is 2.17 bits per heavy atom. The van der Waals surface area contributed by atoms with Crippen molar-refractivity contribution in [3.05, 3.63) is 30.1 Å². The summed E-state index contributed by atoms with van der Waals surface area (Å²) in [5.41, 5.74) is -1.30. The number of ether oxygens (including phenoxy) is 3. The second-order valence-electron chi connectivity index (χ2n) is 3.51. The van der Waals surface area contributed by atoms with Crippen molar-refractivity contribution < 1.29 is 23.8 Å². The van der Waals surface area contributed by atoms with E-state index in [4.69, 9.17) is 4.74 Å². The molecule has 98 valence electrons. The van der Waals surface area contributed by atoms with E-state index in [1.807, 2.05) is 0 Å². The van der Waals surface area contributed by atoms with Crippen LogP contribution >= 0.6 is 0 Å². The van der Waals surface area contributed by atoms with Gasteiger partial charge in [0.15, 0.2) is 0 Å². The summed E-state index contributed by atoms with van der Waals surface area (Å²) in [6.45, 7) is 0. The highest BCUT2D eigenvalue weighted by Gasteiger charge is 2.49.